The molecular weight excluding hydrogens is 315 g/mol. The smallest absolute Gasteiger partial charge is 0.416 e. The zero-order valence-electron chi connectivity index (χ0n) is 10.4. The van der Waals surface area contributed by atoms with Crippen molar-refractivity contribution in [2.24, 2.45) is 0 Å². The SMILES string of the molecule is COc1c(Cl)cc(C(F)(F)F)cc1-c1cc(C(=O)O)no1. The summed E-state index contributed by atoms with van der Waals surface area (Å²) in [6.45, 7) is 0. The Hall–Kier alpha value is -2.22. The maximum Gasteiger partial charge on any atom is 0.416 e. The third-order valence-corrected chi connectivity index (χ3v) is 2.85. The summed E-state index contributed by atoms with van der Waals surface area (Å²) in [7, 11) is 1.21. The molecule has 0 saturated carbocycles. The van der Waals surface area contributed by atoms with Crippen molar-refractivity contribution in [3.8, 4) is 17.1 Å². The molecule has 9 heteroatoms. The minimum absolute atomic E-state index is 0.0715. The first-order valence-corrected chi connectivity index (χ1v) is 5.77. The highest BCUT2D eigenvalue weighted by molar-refractivity contribution is 6.32. The fraction of sp³-hybridized carbons (Fsp3) is 0.167. The number of nitrogens with zero attached hydrogens (tertiary/aromatic N) is 1. The largest absolute Gasteiger partial charge is 0.494 e. The molecule has 0 fully saturated rings. The maximum atomic E-state index is 12.8. The van der Waals surface area contributed by atoms with E-state index in [1.807, 2.05) is 0 Å². The molecule has 2 aromatic rings. The molecule has 0 aliphatic carbocycles. The van der Waals surface area contributed by atoms with Crippen LogP contribution < -0.4 is 4.74 Å². The van der Waals surface area contributed by atoms with Crippen molar-refractivity contribution in [1.82, 2.24) is 5.16 Å². The molecule has 0 spiro atoms. The number of methoxy groups -OCH3 is 1. The van der Waals surface area contributed by atoms with Gasteiger partial charge in [0, 0.05) is 6.07 Å². The van der Waals surface area contributed by atoms with Crippen LogP contribution in [0.1, 0.15) is 16.1 Å². The van der Waals surface area contributed by atoms with E-state index in [-0.39, 0.29) is 22.1 Å². The Labute approximate surface area is 120 Å². The lowest BCUT2D eigenvalue weighted by molar-refractivity contribution is -0.137. The summed E-state index contributed by atoms with van der Waals surface area (Å²) in [5.41, 5.74) is -1.60. The molecule has 1 heterocycles. The fourth-order valence-corrected chi connectivity index (χ4v) is 1.95. The van der Waals surface area contributed by atoms with Crippen molar-refractivity contribution in [2.75, 3.05) is 7.11 Å². The second-order valence-corrected chi connectivity index (χ2v) is 4.33. The number of hydrogen-bond acceptors (Lipinski definition) is 4. The molecule has 0 amide bonds. The average molecular weight is 322 g/mol. The molecule has 21 heavy (non-hydrogen) atoms. The van der Waals surface area contributed by atoms with Crippen molar-refractivity contribution >= 4 is 17.6 Å². The first kappa shape index (κ1) is 15.2. The third kappa shape index (κ3) is 2.94. The van der Waals surface area contributed by atoms with E-state index in [4.69, 9.17) is 26.0 Å². The number of carbonyl (C=O) groups is 1. The fourth-order valence-electron chi connectivity index (χ4n) is 1.65. The number of benzene rings is 1. The Bertz CT molecular complexity index is 696. The van der Waals surface area contributed by atoms with Gasteiger partial charge in [-0.1, -0.05) is 16.8 Å². The van der Waals surface area contributed by atoms with Gasteiger partial charge in [-0.3, -0.25) is 0 Å². The zero-order chi connectivity index (χ0) is 15.8. The van der Waals surface area contributed by atoms with E-state index in [2.05, 4.69) is 5.16 Å². The van der Waals surface area contributed by atoms with Gasteiger partial charge in [0.1, 0.15) is 5.75 Å². The Morgan fingerprint density at radius 2 is 2.05 bits per heavy atom. The van der Waals surface area contributed by atoms with Crippen LogP contribution in [-0.4, -0.2) is 23.3 Å². The summed E-state index contributed by atoms with van der Waals surface area (Å²) in [6, 6.07) is 2.44. The van der Waals surface area contributed by atoms with Crippen molar-refractivity contribution in [1.29, 1.82) is 0 Å². The van der Waals surface area contributed by atoms with Gasteiger partial charge in [-0.2, -0.15) is 13.2 Å². The molecule has 1 aromatic carbocycles. The van der Waals surface area contributed by atoms with Crippen LogP contribution in [0.4, 0.5) is 13.2 Å². The predicted molar refractivity (Wildman–Crippen MR) is 65.5 cm³/mol. The average Bonchev–Trinajstić information content (AvgIpc) is 2.86. The van der Waals surface area contributed by atoms with Crippen LogP contribution in [0, 0.1) is 0 Å². The molecule has 0 aliphatic heterocycles. The normalized spacial score (nSPS) is 11.5. The molecule has 112 valence electrons. The minimum Gasteiger partial charge on any atom is -0.494 e. The summed E-state index contributed by atoms with van der Waals surface area (Å²) in [4.78, 5) is 10.7. The molecular formula is C12H7ClF3NO4. The number of ether oxygens (including phenoxy) is 1. The van der Waals surface area contributed by atoms with Gasteiger partial charge in [-0.05, 0) is 12.1 Å². The van der Waals surface area contributed by atoms with Crippen LogP contribution in [-0.2, 0) is 6.18 Å². The predicted octanol–water partition coefficient (Wildman–Crippen LogP) is 3.72. The van der Waals surface area contributed by atoms with Gasteiger partial charge in [-0.25, -0.2) is 4.79 Å². The molecule has 0 radical (unpaired) electrons. The van der Waals surface area contributed by atoms with E-state index in [1.165, 1.54) is 7.11 Å². The van der Waals surface area contributed by atoms with Crippen LogP contribution in [0.2, 0.25) is 5.02 Å². The molecule has 0 saturated heterocycles. The molecule has 5 nitrogen and oxygen atoms in total. The molecule has 0 bridgehead atoms. The molecule has 1 aromatic heterocycles. The van der Waals surface area contributed by atoms with Gasteiger partial charge in [-0.15, -0.1) is 0 Å². The highest BCUT2D eigenvalue weighted by atomic mass is 35.5. The Kier molecular flexibility index (Phi) is 3.82. The number of rotatable bonds is 3. The standard InChI is InChI=1S/C12H7ClF3NO4/c1-20-10-6(9-4-8(11(18)19)17-21-9)2-5(3-7(10)13)12(14,15)16/h2-4H,1H3,(H,18,19). The number of aromatic nitrogens is 1. The monoisotopic (exact) mass is 321 g/mol. The van der Waals surface area contributed by atoms with E-state index in [1.54, 1.807) is 0 Å². The van der Waals surface area contributed by atoms with Crippen molar-refractivity contribution in [3.63, 3.8) is 0 Å². The van der Waals surface area contributed by atoms with Crippen LogP contribution in [0.5, 0.6) is 5.75 Å². The molecule has 2 rings (SSSR count). The molecule has 0 unspecified atom stereocenters. The number of aromatic carboxylic acids is 1. The number of carboxylic acid groups (broad SMARTS) is 1. The van der Waals surface area contributed by atoms with Crippen LogP contribution in [0.25, 0.3) is 11.3 Å². The topological polar surface area (TPSA) is 72.6 Å². The van der Waals surface area contributed by atoms with Crippen LogP contribution >= 0.6 is 11.6 Å². The van der Waals surface area contributed by atoms with Crippen molar-refractivity contribution in [2.45, 2.75) is 6.18 Å². The quantitative estimate of drug-likeness (QED) is 0.932. The lowest BCUT2D eigenvalue weighted by Gasteiger charge is -2.12. The first-order valence-electron chi connectivity index (χ1n) is 5.39. The second-order valence-electron chi connectivity index (χ2n) is 3.92. The Balaban J connectivity index is 2.64. The number of halogens is 4. The summed E-state index contributed by atoms with van der Waals surface area (Å²) in [6.07, 6.45) is -4.62. The van der Waals surface area contributed by atoms with E-state index in [0.717, 1.165) is 12.1 Å². The van der Waals surface area contributed by atoms with Crippen molar-refractivity contribution in [3.05, 3.63) is 34.5 Å². The third-order valence-electron chi connectivity index (χ3n) is 2.57. The highest BCUT2D eigenvalue weighted by Crippen LogP contribution is 2.42. The van der Waals surface area contributed by atoms with Crippen LogP contribution in [0.3, 0.4) is 0 Å². The Morgan fingerprint density at radius 1 is 1.38 bits per heavy atom. The van der Waals surface area contributed by atoms with E-state index in [9.17, 15) is 18.0 Å². The summed E-state index contributed by atoms with van der Waals surface area (Å²) < 4.78 is 48.1. The summed E-state index contributed by atoms with van der Waals surface area (Å²) in [5, 5.41) is 11.7. The Morgan fingerprint density at radius 3 is 2.52 bits per heavy atom. The van der Waals surface area contributed by atoms with E-state index < -0.39 is 23.4 Å². The summed E-state index contributed by atoms with van der Waals surface area (Å²) in [5.74, 6) is -1.64. The van der Waals surface area contributed by atoms with Crippen molar-refractivity contribution < 1.29 is 32.3 Å². The molecule has 0 atom stereocenters. The van der Waals surface area contributed by atoms with E-state index >= 15 is 0 Å². The van der Waals surface area contributed by atoms with Gasteiger partial charge < -0.3 is 14.4 Å². The number of hydrogen-bond donors (Lipinski definition) is 1. The molecule has 0 aliphatic rings. The van der Waals surface area contributed by atoms with E-state index in [0.29, 0.717) is 6.07 Å². The number of carboxylic acids is 1. The zero-order valence-corrected chi connectivity index (χ0v) is 11.1. The highest BCUT2D eigenvalue weighted by Gasteiger charge is 2.33. The second kappa shape index (κ2) is 5.28. The lowest BCUT2D eigenvalue weighted by atomic mass is 10.1. The lowest BCUT2D eigenvalue weighted by Crippen LogP contribution is -2.05. The van der Waals surface area contributed by atoms with Gasteiger partial charge in [0.05, 0.1) is 23.3 Å². The van der Waals surface area contributed by atoms with Crippen LogP contribution in [0.15, 0.2) is 22.7 Å². The number of alkyl halides is 3. The maximum absolute atomic E-state index is 12.8. The van der Waals surface area contributed by atoms with Gasteiger partial charge in [0.2, 0.25) is 0 Å². The molecule has 1 N–H and O–H groups in total. The van der Waals surface area contributed by atoms with Gasteiger partial charge in [0.25, 0.3) is 0 Å². The van der Waals surface area contributed by atoms with Gasteiger partial charge >= 0.3 is 12.1 Å². The summed E-state index contributed by atoms with van der Waals surface area (Å²) >= 11 is 5.76. The first-order chi connectivity index (χ1) is 9.74. The minimum atomic E-state index is -4.62. The van der Waals surface area contributed by atoms with Gasteiger partial charge in [0.15, 0.2) is 11.5 Å².